The highest BCUT2D eigenvalue weighted by atomic mass is 79.9. The molecule has 0 aliphatic heterocycles. The van der Waals surface area contributed by atoms with Crippen LogP contribution < -0.4 is 0 Å². The van der Waals surface area contributed by atoms with Gasteiger partial charge in [0.25, 0.3) is 0 Å². The second-order valence-corrected chi connectivity index (χ2v) is 6.51. The number of carbonyl (C=O) groups is 1. The van der Waals surface area contributed by atoms with Gasteiger partial charge in [0.05, 0.1) is 11.6 Å². The van der Waals surface area contributed by atoms with E-state index in [2.05, 4.69) is 15.9 Å². The number of hydrogen-bond donors (Lipinski definition) is 0. The van der Waals surface area contributed by atoms with Crippen molar-refractivity contribution in [2.45, 2.75) is 6.54 Å². The van der Waals surface area contributed by atoms with E-state index in [0.29, 0.717) is 28.7 Å². The summed E-state index contributed by atoms with van der Waals surface area (Å²) in [5.41, 5.74) is 1.63. The third-order valence-electron chi connectivity index (χ3n) is 3.04. The van der Waals surface area contributed by atoms with Crippen molar-refractivity contribution in [1.29, 1.82) is 0 Å². The molecular weight excluding hydrogens is 373 g/mol. The number of likely N-dealkylation sites (N-methyl/N-ethyl adjacent to an activating group) is 1. The van der Waals surface area contributed by atoms with Crippen molar-refractivity contribution in [3.63, 3.8) is 0 Å². The molecule has 0 heterocycles. The molecule has 0 saturated carbocycles. The SMILES string of the molecule is CN(CC(=O)c1ccc(Cl)cc1Cl)Cc1ccccc1Br. The van der Waals surface area contributed by atoms with Gasteiger partial charge in [-0.25, -0.2) is 0 Å². The van der Waals surface area contributed by atoms with Gasteiger partial charge < -0.3 is 0 Å². The van der Waals surface area contributed by atoms with Gasteiger partial charge in [0.1, 0.15) is 0 Å². The van der Waals surface area contributed by atoms with Crippen LogP contribution in [0.5, 0.6) is 0 Å². The molecule has 0 atom stereocenters. The number of halogens is 3. The fourth-order valence-electron chi connectivity index (χ4n) is 2.02. The third kappa shape index (κ3) is 4.55. The first-order valence-electron chi connectivity index (χ1n) is 6.37. The van der Waals surface area contributed by atoms with E-state index in [1.165, 1.54) is 0 Å². The molecule has 0 N–H and O–H groups in total. The van der Waals surface area contributed by atoms with E-state index in [1.807, 2.05) is 36.2 Å². The first-order valence-corrected chi connectivity index (χ1v) is 7.92. The normalized spacial score (nSPS) is 10.9. The fourth-order valence-corrected chi connectivity index (χ4v) is 2.94. The number of hydrogen-bond acceptors (Lipinski definition) is 2. The highest BCUT2D eigenvalue weighted by Gasteiger charge is 2.14. The summed E-state index contributed by atoms with van der Waals surface area (Å²) in [6.45, 7) is 0.973. The van der Waals surface area contributed by atoms with Crippen LogP contribution >= 0.6 is 39.1 Å². The molecule has 0 bridgehead atoms. The molecule has 5 heteroatoms. The van der Waals surface area contributed by atoms with Gasteiger partial charge in [-0.1, -0.05) is 57.3 Å². The molecule has 2 nitrogen and oxygen atoms in total. The van der Waals surface area contributed by atoms with Crippen LogP contribution in [0.4, 0.5) is 0 Å². The van der Waals surface area contributed by atoms with Crippen molar-refractivity contribution in [3.05, 3.63) is 68.1 Å². The topological polar surface area (TPSA) is 20.3 Å². The molecule has 110 valence electrons. The first-order chi connectivity index (χ1) is 9.97. The maximum Gasteiger partial charge on any atom is 0.178 e. The largest absolute Gasteiger partial charge is 0.295 e. The van der Waals surface area contributed by atoms with Crippen molar-refractivity contribution in [1.82, 2.24) is 4.90 Å². The smallest absolute Gasteiger partial charge is 0.178 e. The summed E-state index contributed by atoms with van der Waals surface area (Å²) in [5, 5.41) is 0.917. The molecule has 2 aromatic carbocycles. The van der Waals surface area contributed by atoms with Gasteiger partial charge in [0, 0.05) is 21.6 Å². The quantitative estimate of drug-likeness (QED) is 0.668. The predicted molar refractivity (Wildman–Crippen MR) is 91.3 cm³/mol. The molecule has 0 fully saturated rings. The van der Waals surface area contributed by atoms with Gasteiger partial charge in [-0.05, 0) is 36.9 Å². The summed E-state index contributed by atoms with van der Waals surface area (Å²) >= 11 is 15.4. The zero-order chi connectivity index (χ0) is 15.4. The summed E-state index contributed by atoms with van der Waals surface area (Å²) in [6.07, 6.45) is 0. The van der Waals surface area contributed by atoms with E-state index < -0.39 is 0 Å². The van der Waals surface area contributed by atoms with Crippen molar-refractivity contribution in [2.75, 3.05) is 13.6 Å². The Labute approximate surface area is 142 Å². The third-order valence-corrected chi connectivity index (χ3v) is 4.36. The number of carbonyl (C=O) groups excluding carboxylic acids is 1. The van der Waals surface area contributed by atoms with E-state index in [0.717, 1.165) is 10.0 Å². The molecular formula is C16H14BrCl2NO. The van der Waals surface area contributed by atoms with Crippen LogP contribution in [0, 0.1) is 0 Å². The molecule has 2 aromatic rings. The van der Waals surface area contributed by atoms with Gasteiger partial charge in [0.2, 0.25) is 0 Å². The number of benzene rings is 2. The summed E-state index contributed by atoms with van der Waals surface area (Å²) in [7, 11) is 1.90. The molecule has 0 amide bonds. The maximum atomic E-state index is 12.3. The highest BCUT2D eigenvalue weighted by Crippen LogP contribution is 2.22. The van der Waals surface area contributed by atoms with Crippen LogP contribution in [0.3, 0.4) is 0 Å². The predicted octanol–water partition coefficient (Wildman–Crippen LogP) is 5.07. The van der Waals surface area contributed by atoms with Gasteiger partial charge in [-0.2, -0.15) is 0 Å². The Bertz CT molecular complexity index is 660. The molecule has 0 unspecified atom stereocenters. The minimum Gasteiger partial charge on any atom is -0.295 e. The average molecular weight is 387 g/mol. The molecule has 0 spiro atoms. The minimum absolute atomic E-state index is 0.0220. The second-order valence-electron chi connectivity index (χ2n) is 4.81. The van der Waals surface area contributed by atoms with E-state index in [4.69, 9.17) is 23.2 Å². The first kappa shape index (κ1) is 16.5. The van der Waals surface area contributed by atoms with Crippen LogP contribution in [-0.4, -0.2) is 24.3 Å². The number of Topliss-reactive ketones (excluding diaryl/α,β-unsaturated/α-hetero) is 1. The molecule has 0 aliphatic carbocycles. The molecule has 2 rings (SSSR count). The fraction of sp³-hybridized carbons (Fsp3) is 0.188. The Balaban J connectivity index is 2.04. The summed E-state index contributed by atoms with van der Waals surface area (Å²) in [5.74, 6) is -0.0220. The second kappa shape index (κ2) is 7.41. The Kier molecular flexibility index (Phi) is 5.82. The summed E-state index contributed by atoms with van der Waals surface area (Å²) in [6, 6.07) is 12.9. The van der Waals surface area contributed by atoms with E-state index in [-0.39, 0.29) is 5.78 Å². The molecule has 21 heavy (non-hydrogen) atoms. The van der Waals surface area contributed by atoms with Crippen LogP contribution in [-0.2, 0) is 6.54 Å². The van der Waals surface area contributed by atoms with Crippen molar-refractivity contribution in [3.8, 4) is 0 Å². The van der Waals surface area contributed by atoms with Crippen LogP contribution in [0.1, 0.15) is 15.9 Å². The van der Waals surface area contributed by atoms with E-state index >= 15 is 0 Å². The number of nitrogens with zero attached hydrogens (tertiary/aromatic N) is 1. The average Bonchev–Trinajstić information content (AvgIpc) is 2.41. The highest BCUT2D eigenvalue weighted by molar-refractivity contribution is 9.10. The zero-order valence-electron chi connectivity index (χ0n) is 11.4. The molecule has 0 aliphatic rings. The van der Waals surface area contributed by atoms with Gasteiger partial charge in [0.15, 0.2) is 5.78 Å². The lowest BCUT2D eigenvalue weighted by molar-refractivity contribution is 0.0943. The van der Waals surface area contributed by atoms with Crippen LogP contribution in [0.15, 0.2) is 46.9 Å². The van der Waals surface area contributed by atoms with Gasteiger partial charge in [-0.3, -0.25) is 9.69 Å². The van der Waals surface area contributed by atoms with E-state index in [9.17, 15) is 4.79 Å². The summed E-state index contributed by atoms with van der Waals surface area (Å²) in [4.78, 5) is 14.2. The lowest BCUT2D eigenvalue weighted by atomic mass is 10.1. The standard InChI is InChI=1S/C16H14BrCl2NO/c1-20(9-11-4-2-3-5-14(11)17)10-16(21)13-7-6-12(18)8-15(13)19/h2-8H,9-10H2,1H3. The van der Waals surface area contributed by atoms with Crippen LogP contribution in [0.2, 0.25) is 10.0 Å². The van der Waals surface area contributed by atoms with Crippen molar-refractivity contribution in [2.24, 2.45) is 0 Å². The number of rotatable bonds is 5. The Morgan fingerprint density at radius 3 is 2.57 bits per heavy atom. The maximum absolute atomic E-state index is 12.3. The van der Waals surface area contributed by atoms with E-state index in [1.54, 1.807) is 18.2 Å². The minimum atomic E-state index is -0.0220. The molecule has 0 saturated heterocycles. The Morgan fingerprint density at radius 1 is 1.19 bits per heavy atom. The molecule has 0 aromatic heterocycles. The summed E-state index contributed by atoms with van der Waals surface area (Å²) < 4.78 is 1.04. The monoisotopic (exact) mass is 385 g/mol. The number of ketones is 1. The van der Waals surface area contributed by atoms with Crippen molar-refractivity contribution >= 4 is 44.9 Å². The molecule has 0 radical (unpaired) electrons. The van der Waals surface area contributed by atoms with Crippen molar-refractivity contribution < 1.29 is 4.79 Å². The zero-order valence-corrected chi connectivity index (χ0v) is 14.5. The van der Waals surface area contributed by atoms with Crippen LogP contribution in [0.25, 0.3) is 0 Å². The van der Waals surface area contributed by atoms with Gasteiger partial charge in [-0.15, -0.1) is 0 Å². The lowest BCUT2D eigenvalue weighted by Crippen LogP contribution is -2.26. The van der Waals surface area contributed by atoms with Gasteiger partial charge >= 0.3 is 0 Å². The Morgan fingerprint density at radius 2 is 1.90 bits per heavy atom. The lowest BCUT2D eigenvalue weighted by Gasteiger charge is -2.17. The Hall–Kier alpha value is -0.870.